The second-order valence-corrected chi connectivity index (χ2v) is 7.71. The lowest BCUT2D eigenvalue weighted by molar-refractivity contribution is -0.121. The summed E-state index contributed by atoms with van der Waals surface area (Å²) in [4.78, 5) is 11.6. The van der Waals surface area contributed by atoms with Gasteiger partial charge in [-0.25, -0.2) is 13.1 Å². The van der Waals surface area contributed by atoms with Gasteiger partial charge in [0.1, 0.15) is 0 Å². The van der Waals surface area contributed by atoms with Gasteiger partial charge in [0.15, 0.2) is 0 Å². The lowest BCUT2D eigenvalue weighted by Gasteiger charge is -2.25. The number of nitrogens with one attached hydrogen (secondary N) is 3. The van der Waals surface area contributed by atoms with E-state index < -0.39 is 15.6 Å². The Labute approximate surface area is 116 Å². The minimum Gasteiger partial charge on any atom is -0.352 e. The van der Waals surface area contributed by atoms with Crippen LogP contribution in [0.1, 0.15) is 34.6 Å². The molecule has 0 heterocycles. The molecule has 7 heteroatoms. The number of amides is 1. The quantitative estimate of drug-likeness (QED) is 0.591. The molecule has 0 aromatic carbocycles. The maximum Gasteiger partial charge on any atom is 0.234 e. The van der Waals surface area contributed by atoms with Crippen LogP contribution in [0.4, 0.5) is 0 Å². The van der Waals surface area contributed by atoms with Crippen molar-refractivity contribution in [3.05, 3.63) is 0 Å². The number of rotatable bonds is 8. The van der Waals surface area contributed by atoms with E-state index in [2.05, 4.69) is 15.4 Å². The van der Waals surface area contributed by atoms with Crippen LogP contribution in [0.2, 0.25) is 0 Å². The van der Waals surface area contributed by atoms with Gasteiger partial charge in [0.05, 0.1) is 12.8 Å². The Bertz CT molecular complexity index is 391. The zero-order valence-corrected chi connectivity index (χ0v) is 13.5. The van der Waals surface area contributed by atoms with Gasteiger partial charge in [0.2, 0.25) is 15.9 Å². The standard InChI is InChI=1S/C12H27N3O3S/c1-9(2)10(3)14-11(16)7-13-8-12(4,5)15-19(6,17)18/h9-10,13,15H,7-8H2,1-6H3,(H,14,16). The topological polar surface area (TPSA) is 87.3 Å². The van der Waals surface area contributed by atoms with Crippen molar-refractivity contribution in [2.75, 3.05) is 19.3 Å². The number of sulfonamides is 1. The average Bonchev–Trinajstić information content (AvgIpc) is 2.12. The van der Waals surface area contributed by atoms with E-state index in [1.54, 1.807) is 13.8 Å². The molecule has 0 saturated carbocycles. The zero-order valence-electron chi connectivity index (χ0n) is 12.7. The van der Waals surface area contributed by atoms with Gasteiger partial charge in [-0.2, -0.15) is 0 Å². The molecule has 0 aromatic rings. The molecular formula is C12H27N3O3S. The highest BCUT2D eigenvalue weighted by molar-refractivity contribution is 7.88. The molecule has 0 bridgehead atoms. The van der Waals surface area contributed by atoms with Crippen LogP contribution in [-0.4, -0.2) is 45.3 Å². The van der Waals surface area contributed by atoms with Crippen LogP contribution < -0.4 is 15.4 Å². The zero-order chi connectivity index (χ0) is 15.3. The molecule has 114 valence electrons. The number of carbonyl (C=O) groups is 1. The molecule has 6 nitrogen and oxygen atoms in total. The first kappa shape index (κ1) is 18.3. The maximum atomic E-state index is 11.6. The second-order valence-electron chi connectivity index (χ2n) is 5.96. The Morgan fingerprint density at radius 1 is 1.21 bits per heavy atom. The lowest BCUT2D eigenvalue weighted by Crippen LogP contribution is -2.51. The van der Waals surface area contributed by atoms with Gasteiger partial charge in [0.25, 0.3) is 0 Å². The molecule has 0 spiro atoms. The Kier molecular flexibility index (Phi) is 6.96. The van der Waals surface area contributed by atoms with Crippen LogP contribution in [-0.2, 0) is 14.8 Å². The summed E-state index contributed by atoms with van der Waals surface area (Å²) in [5.74, 6) is 0.295. The van der Waals surface area contributed by atoms with Crippen LogP contribution in [0.5, 0.6) is 0 Å². The first-order valence-corrected chi connectivity index (χ1v) is 8.31. The van der Waals surface area contributed by atoms with Gasteiger partial charge in [-0.15, -0.1) is 0 Å². The van der Waals surface area contributed by atoms with Crippen LogP contribution in [0.25, 0.3) is 0 Å². The van der Waals surface area contributed by atoms with Gasteiger partial charge >= 0.3 is 0 Å². The summed E-state index contributed by atoms with van der Waals surface area (Å²) in [6.45, 7) is 10.1. The van der Waals surface area contributed by atoms with Crippen molar-refractivity contribution in [3.8, 4) is 0 Å². The fraction of sp³-hybridized carbons (Fsp3) is 0.917. The number of hydrogen-bond donors (Lipinski definition) is 3. The molecule has 0 radical (unpaired) electrons. The summed E-state index contributed by atoms with van der Waals surface area (Å²) < 4.78 is 24.8. The van der Waals surface area contributed by atoms with Crippen LogP contribution >= 0.6 is 0 Å². The third-order valence-corrected chi connectivity index (χ3v) is 3.63. The highest BCUT2D eigenvalue weighted by Gasteiger charge is 2.22. The van der Waals surface area contributed by atoms with E-state index in [0.717, 1.165) is 6.26 Å². The summed E-state index contributed by atoms with van der Waals surface area (Å²) in [5.41, 5.74) is -0.627. The minimum absolute atomic E-state index is 0.0867. The summed E-state index contributed by atoms with van der Waals surface area (Å²) in [6, 6.07) is 0.122. The molecule has 1 atom stereocenters. The molecule has 19 heavy (non-hydrogen) atoms. The van der Waals surface area contributed by atoms with Crippen molar-refractivity contribution in [2.24, 2.45) is 5.92 Å². The van der Waals surface area contributed by atoms with Crippen LogP contribution in [0, 0.1) is 5.92 Å². The Morgan fingerprint density at radius 2 is 1.74 bits per heavy atom. The molecule has 0 aromatic heterocycles. The summed E-state index contributed by atoms with van der Waals surface area (Å²) >= 11 is 0. The fourth-order valence-electron chi connectivity index (χ4n) is 1.50. The van der Waals surface area contributed by atoms with E-state index in [1.165, 1.54) is 0 Å². The van der Waals surface area contributed by atoms with Crippen LogP contribution in [0.3, 0.4) is 0 Å². The van der Waals surface area contributed by atoms with Gasteiger partial charge in [0, 0.05) is 18.1 Å². The molecule has 0 aliphatic heterocycles. The third kappa shape index (κ3) is 9.86. The van der Waals surface area contributed by atoms with Gasteiger partial charge in [-0.3, -0.25) is 4.79 Å². The fourth-order valence-corrected chi connectivity index (χ4v) is 2.57. The van der Waals surface area contributed by atoms with E-state index >= 15 is 0 Å². The number of hydrogen-bond acceptors (Lipinski definition) is 4. The predicted octanol–water partition coefficient (Wildman–Crippen LogP) is 0.0645. The normalized spacial score (nSPS) is 14.5. The van der Waals surface area contributed by atoms with Gasteiger partial charge in [-0.05, 0) is 26.7 Å². The van der Waals surface area contributed by atoms with Crippen molar-refractivity contribution in [3.63, 3.8) is 0 Å². The summed E-state index contributed by atoms with van der Waals surface area (Å²) in [7, 11) is -3.25. The highest BCUT2D eigenvalue weighted by Crippen LogP contribution is 2.02. The first-order valence-electron chi connectivity index (χ1n) is 6.42. The molecule has 1 amide bonds. The van der Waals surface area contributed by atoms with E-state index in [4.69, 9.17) is 0 Å². The van der Waals surface area contributed by atoms with E-state index in [-0.39, 0.29) is 18.5 Å². The van der Waals surface area contributed by atoms with Crippen LogP contribution in [0.15, 0.2) is 0 Å². The molecule has 0 rings (SSSR count). The molecule has 3 N–H and O–H groups in total. The van der Waals surface area contributed by atoms with Gasteiger partial charge in [-0.1, -0.05) is 13.8 Å². The average molecular weight is 293 g/mol. The number of carbonyl (C=O) groups excluding carboxylic acids is 1. The van der Waals surface area contributed by atoms with Crippen molar-refractivity contribution >= 4 is 15.9 Å². The Morgan fingerprint density at radius 3 is 2.16 bits per heavy atom. The monoisotopic (exact) mass is 293 g/mol. The van der Waals surface area contributed by atoms with Crippen molar-refractivity contribution < 1.29 is 13.2 Å². The summed E-state index contributed by atoms with van der Waals surface area (Å²) in [5, 5.41) is 5.83. The van der Waals surface area contributed by atoms with E-state index in [1.807, 2.05) is 20.8 Å². The SMILES string of the molecule is CC(C)C(C)NC(=O)CNCC(C)(C)NS(C)(=O)=O. The Balaban J connectivity index is 4.06. The van der Waals surface area contributed by atoms with Crippen molar-refractivity contribution in [2.45, 2.75) is 46.2 Å². The molecule has 0 aliphatic carbocycles. The smallest absolute Gasteiger partial charge is 0.234 e. The molecule has 0 saturated heterocycles. The predicted molar refractivity (Wildman–Crippen MR) is 77.4 cm³/mol. The van der Waals surface area contributed by atoms with Crippen molar-refractivity contribution in [1.82, 2.24) is 15.4 Å². The second kappa shape index (κ2) is 7.21. The Hall–Kier alpha value is -0.660. The van der Waals surface area contributed by atoms with E-state index in [0.29, 0.717) is 12.5 Å². The molecular weight excluding hydrogens is 266 g/mol. The van der Waals surface area contributed by atoms with Gasteiger partial charge < -0.3 is 10.6 Å². The van der Waals surface area contributed by atoms with Crippen molar-refractivity contribution in [1.29, 1.82) is 0 Å². The van der Waals surface area contributed by atoms with E-state index in [9.17, 15) is 13.2 Å². The molecule has 0 aliphatic rings. The maximum absolute atomic E-state index is 11.6. The molecule has 1 unspecified atom stereocenters. The largest absolute Gasteiger partial charge is 0.352 e. The third-order valence-electron chi connectivity index (χ3n) is 2.70. The first-order chi connectivity index (χ1) is 8.43. The minimum atomic E-state index is -3.25. The highest BCUT2D eigenvalue weighted by atomic mass is 32.2. The lowest BCUT2D eigenvalue weighted by atomic mass is 10.1. The molecule has 0 fully saturated rings. The summed E-state index contributed by atoms with van der Waals surface area (Å²) in [6.07, 6.45) is 1.12.